The lowest BCUT2D eigenvalue weighted by Gasteiger charge is -2.21. The van der Waals surface area contributed by atoms with Crippen LogP contribution in [0.25, 0.3) is 10.8 Å². The summed E-state index contributed by atoms with van der Waals surface area (Å²) in [5, 5.41) is 4.85. The van der Waals surface area contributed by atoms with Gasteiger partial charge in [0.15, 0.2) is 0 Å². The molecule has 2 N–H and O–H groups in total. The minimum Gasteiger partial charge on any atom is -0.352 e. The second-order valence-corrected chi connectivity index (χ2v) is 9.58. The Morgan fingerprint density at radius 2 is 1.57 bits per heavy atom. The van der Waals surface area contributed by atoms with Gasteiger partial charge in [0, 0.05) is 6.04 Å². The van der Waals surface area contributed by atoms with Gasteiger partial charge in [-0.2, -0.15) is 4.72 Å². The van der Waals surface area contributed by atoms with Gasteiger partial charge in [0.25, 0.3) is 0 Å². The van der Waals surface area contributed by atoms with E-state index in [9.17, 15) is 13.2 Å². The number of fused-ring (bicyclic) bond motifs is 1. The largest absolute Gasteiger partial charge is 0.352 e. The summed E-state index contributed by atoms with van der Waals surface area (Å²) in [4.78, 5) is 13.1. The summed E-state index contributed by atoms with van der Waals surface area (Å²) in [7, 11) is -3.86. The van der Waals surface area contributed by atoms with E-state index in [-0.39, 0.29) is 16.8 Å². The van der Waals surface area contributed by atoms with Crippen LogP contribution in [0.5, 0.6) is 0 Å². The molecule has 5 nitrogen and oxygen atoms in total. The Balaban J connectivity index is 1.58. The molecule has 30 heavy (non-hydrogen) atoms. The Morgan fingerprint density at radius 3 is 2.30 bits per heavy atom. The highest BCUT2D eigenvalue weighted by Gasteiger charge is 2.28. The second kappa shape index (κ2) is 8.98. The molecule has 4 rings (SSSR count). The average Bonchev–Trinajstić information content (AvgIpc) is 3.26. The lowest BCUT2D eigenvalue weighted by Crippen LogP contribution is -2.50. The zero-order chi connectivity index (χ0) is 21.0. The van der Waals surface area contributed by atoms with Crippen LogP contribution < -0.4 is 10.0 Å². The van der Waals surface area contributed by atoms with Crippen molar-refractivity contribution in [1.29, 1.82) is 0 Å². The SMILES string of the molecule is O=C(NC1CCCC1)[C@H](Cc1ccccc1)NS(=O)(=O)c1ccc2ccccc2c1. The number of sulfonamides is 1. The molecule has 0 saturated heterocycles. The van der Waals surface area contributed by atoms with Crippen LogP contribution in [-0.4, -0.2) is 26.4 Å². The maximum Gasteiger partial charge on any atom is 0.241 e. The molecule has 6 heteroatoms. The van der Waals surface area contributed by atoms with E-state index in [0.29, 0.717) is 6.42 Å². The Morgan fingerprint density at radius 1 is 0.900 bits per heavy atom. The van der Waals surface area contributed by atoms with E-state index in [1.165, 1.54) is 0 Å². The van der Waals surface area contributed by atoms with E-state index in [2.05, 4.69) is 10.0 Å². The van der Waals surface area contributed by atoms with E-state index in [1.54, 1.807) is 18.2 Å². The molecule has 0 unspecified atom stereocenters. The highest BCUT2D eigenvalue weighted by atomic mass is 32.2. The van der Waals surface area contributed by atoms with Crippen molar-refractivity contribution in [2.24, 2.45) is 0 Å². The van der Waals surface area contributed by atoms with Crippen LogP contribution in [-0.2, 0) is 21.2 Å². The average molecular weight is 423 g/mol. The monoisotopic (exact) mass is 422 g/mol. The molecule has 1 fully saturated rings. The number of benzene rings is 3. The third-order valence-corrected chi connectivity index (χ3v) is 7.10. The molecule has 3 aromatic rings. The first-order valence-electron chi connectivity index (χ1n) is 10.4. The molecule has 1 aliphatic rings. The second-order valence-electron chi connectivity index (χ2n) is 7.86. The van der Waals surface area contributed by atoms with E-state index in [0.717, 1.165) is 42.0 Å². The summed E-state index contributed by atoms with van der Waals surface area (Å²) in [6.07, 6.45) is 4.38. The summed E-state index contributed by atoms with van der Waals surface area (Å²) in [6.45, 7) is 0. The first-order chi connectivity index (χ1) is 14.5. The Hall–Kier alpha value is -2.70. The smallest absolute Gasteiger partial charge is 0.241 e. The van der Waals surface area contributed by atoms with Gasteiger partial charge >= 0.3 is 0 Å². The summed E-state index contributed by atoms with van der Waals surface area (Å²) in [5.41, 5.74) is 0.908. The van der Waals surface area contributed by atoms with Gasteiger partial charge in [0.05, 0.1) is 4.90 Å². The minimum absolute atomic E-state index is 0.126. The summed E-state index contributed by atoms with van der Waals surface area (Å²) in [5.74, 6) is -0.268. The maximum absolute atomic E-state index is 13.1. The molecule has 1 aliphatic carbocycles. The zero-order valence-electron chi connectivity index (χ0n) is 16.8. The van der Waals surface area contributed by atoms with Crippen molar-refractivity contribution in [3.05, 3.63) is 78.4 Å². The first kappa shape index (κ1) is 20.6. The van der Waals surface area contributed by atoms with Crippen molar-refractivity contribution in [3.63, 3.8) is 0 Å². The van der Waals surface area contributed by atoms with Gasteiger partial charge in [0.2, 0.25) is 15.9 Å². The molecule has 1 saturated carbocycles. The fourth-order valence-electron chi connectivity index (χ4n) is 4.00. The zero-order valence-corrected chi connectivity index (χ0v) is 17.6. The Bertz CT molecular complexity index is 1120. The Labute approximate surface area is 177 Å². The third-order valence-electron chi connectivity index (χ3n) is 5.63. The molecule has 1 amide bonds. The molecule has 0 heterocycles. The number of carbonyl (C=O) groups is 1. The van der Waals surface area contributed by atoms with Crippen LogP contribution in [0.4, 0.5) is 0 Å². The van der Waals surface area contributed by atoms with E-state index >= 15 is 0 Å². The molecule has 0 aliphatic heterocycles. The van der Waals surface area contributed by atoms with E-state index in [1.807, 2.05) is 54.6 Å². The molecular weight excluding hydrogens is 396 g/mol. The highest BCUT2D eigenvalue weighted by molar-refractivity contribution is 7.89. The molecule has 0 radical (unpaired) electrons. The van der Waals surface area contributed by atoms with Gasteiger partial charge < -0.3 is 5.32 Å². The molecule has 0 bridgehead atoms. The van der Waals surface area contributed by atoms with Crippen LogP contribution in [0.1, 0.15) is 31.2 Å². The summed E-state index contributed by atoms with van der Waals surface area (Å²) < 4.78 is 28.9. The van der Waals surface area contributed by atoms with Crippen LogP contribution in [0, 0.1) is 0 Å². The molecule has 1 atom stereocenters. The van der Waals surface area contributed by atoms with Gasteiger partial charge in [-0.3, -0.25) is 4.79 Å². The number of hydrogen-bond donors (Lipinski definition) is 2. The van der Waals surface area contributed by atoms with E-state index in [4.69, 9.17) is 0 Å². The minimum atomic E-state index is -3.86. The Kier molecular flexibility index (Phi) is 6.16. The topological polar surface area (TPSA) is 75.3 Å². The van der Waals surface area contributed by atoms with E-state index < -0.39 is 16.1 Å². The van der Waals surface area contributed by atoms with Crippen molar-refractivity contribution >= 4 is 26.7 Å². The fourth-order valence-corrected chi connectivity index (χ4v) is 5.23. The van der Waals surface area contributed by atoms with Crippen LogP contribution in [0.15, 0.2) is 77.7 Å². The standard InChI is InChI=1S/C24H26N2O3S/c27-24(25-21-12-6-7-13-21)23(16-18-8-2-1-3-9-18)26-30(28,29)22-15-14-19-10-4-5-11-20(19)17-22/h1-5,8-11,14-15,17,21,23,26H,6-7,12-13,16H2,(H,25,27)/t23-/m0/s1. The quantitative estimate of drug-likeness (QED) is 0.608. The highest BCUT2D eigenvalue weighted by Crippen LogP contribution is 2.21. The van der Waals surface area contributed by atoms with Crippen molar-refractivity contribution in [1.82, 2.24) is 10.0 Å². The van der Waals surface area contributed by atoms with Gasteiger partial charge in [-0.1, -0.05) is 73.5 Å². The van der Waals surface area contributed by atoms with Crippen molar-refractivity contribution in [2.75, 3.05) is 0 Å². The number of carbonyl (C=O) groups excluding carboxylic acids is 1. The number of amides is 1. The predicted molar refractivity (Wildman–Crippen MR) is 119 cm³/mol. The maximum atomic E-state index is 13.1. The molecule has 156 valence electrons. The first-order valence-corrected chi connectivity index (χ1v) is 11.8. The van der Waals surface area contributed by atoms with Crippen LogP contribution in [0.2, 0.25) is 0 Å². The normalized spacial score (nSPS) is 15.9. The van der Waals surface area contributed by atoms with Crippen molar-refractivity contribution < 1.29 is 13.2 Å². The number of nitrogens with one attached hydrogen (secondary N) is 2. The molecular formula is C24H26N2O3S. The van der Waals surface area contributed by atoms with Crippen LogP contribution >= 0.6 is 0 Å². The number of rotatable bonds is 7. The molecule has 0 spiro atoms. The van der Waals surface area contributed by atoms with Gasteiger partial charge in [0.1, 0.15) is 6.04 Å². The van der Waals surface area contributed by atoms with Gasteiger partial charge in [-0.15, -0.1) is 0 Å². The lowest BCUT2D eigenvalue weighted by atomic mass is 10.1. The fraction of sp³-hybridized carbons (Fsp3) is 0.292. The van der Waals surface area contributed by atoms with Crippen LogP contribution in [0.3, 0.4) is 0 Å². The molecule has 3 aromatic carbocycles. The summed E-state index contributed by atoms with van der Waals surface area (Å²) in [6, 6.07) is 21.4. The summed E-state index contributed by atoms with van der Waals surface area (Å²) >= 11 is 0. The van der Waals surface area contributed by atoms with Crippen molar-refractivity contribution in [2.45, 2.75) is 49.1 Å². The predicted octanol–water partition coefficient (Wildman–Crippen LogP) is 3.79. The number of hydrogen-bond acceptors (Lipinski definition) is 3. The third kappa shape index (κ3) is 4.89. The lowest BCUT2D eigenvalue weighted by molar-refractivity contribution is -0.123. The van der Waals surface area contributed by atoms with Gasteiger partial charge in [-0.05, 0) is 47.7 Å². The van der Waals surface area contributed by atoms with Gasteiger partial charge in [-0.25, -0.2) is 8.42 Å². The molecule has 0 aromatic heterocycles. The van der Waals surface area contributed by atoms with Crippen molar-refractivity contribution in [3.8, 4) is 0 Å².